The summed E-state index contributed by atoms with van der Waals surface area (Å²) in [6.07, 6.45) is 7.06. The van der Waals surface area contributed by atoms with E-state index in [-0.39, 0.29) is 17.7 Å². The van der Waals surface area contributed by atoms with E-state index in [9.17, 15) is 9.59 Å². The molecule has 0 radical (unpaired) electrons. The minimum absolute atomic E-state index is 0.0111. The van der Waals surface area contributed by atoms with E-state index < -0.39 is 0 Å². The van der Waals surface area contributed by atoms with E-state index >= 15 is 0 Å². The molecule has 0 unspecified atom stereocenters. The first-order valence-corrected chi connectivity index (χ1v) is 11.0. The van der Waals surface area contributed by atoms with Gasteiger partial charge in [0, 0.05) is 59.5 Å². The average Bonchev–Trinajstić information content (AvgIpc) is 3.22. The summed E-state index contributed by atoms with van der Waals surface area (Å²) >= 11 is 7.41. The second kappa shape index (κ2) is 9.36. The average molecular weight is 441 g/mol. The normalized spacial score (nSPS) is 14.5. The van der Waals surface area contributed by atoms with Crippen LogP contribution in [0.3, 0.4) is 0 Å². The maximum absolute atomic E-state index is 12.6. The number of likely N-dealkylation sites (tertiary alicyclic amines) is 1. The number of aromatic nitrogens is 2. The SMILES string of the molecule is O=C(Nc1ncc(Cc2ccc(Cl)cc2)s1)C1CCN(C(=O)c2ccncc2)CC1. The van der Waals surface area contributed by atoms with Gasteiger partial charge in [-0.05, 0) is 42.7 Å². The molecule has 8 heteroatoms. The van der Waals surface area contributed by atoms with E-state index in [0.717, 1.165) is 16.9 Å². The smallest absolute Gasteiger partial charge is 0.253 e. The number of carbonyl (C=O) groups is 2. The van der Waals surface area contributed by atoms with Crippen molar-refractivity contribution in [2.45, 2.75) is 19.3 Å². The summed E-state index contributed by atoms with van der Waals surface area (Å²) in [6, 6.07) is 11.1. The van der Waals surface area contributed by atoms with Crippen LogP contribution in [0.4, 0.5) is 5.13 Å². The van der Waals surface area contributed by atoms with Gasteiger partial charge in [-0.1, -0.05) is 23.7 Å². The number of piperidine rings is 1. The summed E-state index contributed by atoms with van der Waals surface area (Å²) in [6.45, 7) is 1.14. The van der Waals surface area contributed by atoms with Gasteiger partial charge in [0.25, 0.3) is 5.91 Å². The molecule has 2 aromatic heterocycles. The molecule has 154 valence electrons. The van der Waals surface area contributed by atoms with Crippen LogP contribution in [-0.4, -0.2) is 39.8 Å². The predicted octanol–water partition coefficient (Wildman–Crippen LogP) is 4.27. The van der Waals surface area contributed by atoms with Crippen LogP contribution in [0.25, 0.3) is 0 Å². The van der Waals surface area contributed by atoms with Crippen LogP contribution >= 0.6 is 22.9 Å². The first kappa shape index (κ1) is 20.5. The molecule has 6 nitrogen and oxygen atoms in total. The van der Waals surface area contributed by atoms with E-state index in [4.69, 9.17) is 11.6 Å². The van der Waals surface area contributed by atoms with Crippen molar-refractivity contribution in [3.8, 4) is 0 Å². The number of rotatable bonds is 5. The molecule has 1 saturated heterocycles. The minimum atomic E-state index is -0.116. The quantitative estimate of drug-likeness (QED) is 0.642. The summed E-state index contributed by atoms with van der Waals surface area (Å²) in [5.41, 5.74) is 1.77. The molecule has 1 aliphatic rings. The van der Waals surface area contributed by atoms with Crippen molar-refractivity contribution in [1.82, 2.24) is 14.9 Å². The number of nitrogens with one attached hydrogen (secondary N) is 1. The number of halogens is 1. The van der Waals surface area contributed by atoms with E-state index in [1.54, 1.807) is 35.6 Å². The van der Waals surface area contributed by atoms with Gasteiger partial charge in [0.2, 0.25) is 5.91 Å². The monoisotopic (exact) mass is 440 g/mol. The number of carbonyl (C=O) groups excluding carboxylic acids is 2. The lowest BCUT2D eigenvalue weighted by Crippen LogP contribution is -2.41. The lowest BCUT2D eigenvalue weighted by molar-refractivity contribution is -0.121. The largest absolute Gasteiger partial charge is 0.339 e. The number of benzene rings is 1. The van der Waals surface area contributed by atoms with Gasteiger partial charge < -0.3 is 10.2 Å². The van der Waals surface area contributed by atoms with Gasteiger partial charge in [0.15, 0.2) is 5.13 Å². The Bertz CT molecular complexity index is 1020. The third kappa shape index (κ3) is 5.04. The fourth-order valence-corrected chi connectivity index (χ4v) is 4.46. The zero-order chi connectivity index (χ0) is 20.9. The molecule has 0 aliphatic carbocycles. The highest BCUT2D eigenvalue weighted by atomic mass is 35.5. The van der Waals surface area contributed by atoms with Gasteiger partial charge >= 0.3 is 0 Å². The Labute approximate surface area is 183 Å². The number of nitrogens with zero attached hydrogens (tertiary/aromatic N) is 3. The molecule has 1 N–H and O–H groups in total. The van der Waals surface area contributed by atoms with E-state index in [1.807, 2.05) is 24.3 Å². The van der Waals surface area contributed by atoms with Crippen LogP contribution < -0.4 is 5.32 Å². The van der Waals surface area contributed by atoms with Gasteiger partial charge in [-0.15, -0.1) is 11.3 Å². The van der Waals surface area contributed by atoms with E-state index in [0.29, 0.717) is 41.6 Å². The molecule has 0 atom stereocenters. The lowest BCUT2D eigenvalue weighted by atomic mass is 9.95. The van der Waals surface area contributed by atoms with Crippen LogP contribution in [0.15, 0.2) is 55.0 Å². The van der Waals surface area contributed by atoms with Crippen molar-refractivity contribution in [1.29, 1.82) is 0 Å². The van der Waals surface area contributed by atoms with Crippen LogP contribution in [0.2, 0.25) is 5.02 Å². The Morgan fingerprint density at radius 2 is 1.80 bits per heavy atom. The number of thiazole rings is 1. The fourth-order valence-electron chi connectivity index (χ4n) is 3.48. The second-order valence-corrected chi connectivity index (χ2v) is 8.78. The number of amides is 2. The van der Waals surface area contributed by atoms with E-state index in [2.05, 4.69) is 15.3 Å². The molecule has 1 aromatic carbocycles. The van der Waals surface area contributed by atoms with Crippen molar-refractivity contribution in [2.75, 3.05) is 18.4 Å². The highest BCUT2D eigenvalue weighted by molar-refractivity contribution is 7.15. The standard InChI is InChI=1S/C22H21ClN4O2S/c23-18-3-1-15(2-4-18)13-19-14-25-22(30-19)26-20(28)16-7-11-27(12-8-16)21(29)17-5-9-24-10-6-17/h1-6,9-10,14,16H,7-8,11-13H2,(H,25,26,28). The maximum atomic E-state index is 12.6. The fraction of sp³-hybridized carbons (Fsp3) is 0.273. The topological polar surface area (TPSA) is 75.2 Å². The van der Waals surface area contributed by atoms with Gasteiger partial charge in [0.05, 0.1) is 0 Å². The predicted molar refractivity (Wildman–Crippen MR) is 118 cm³/mol. The van der Waals surface area contributed by atoms with Gasteiger partial charge in [-0.25, -0.2) is 4.98 Å². The Hall–Kier alpha value is -2.77. The summed E-state index contributed by atoms with van der Waals surface area (Å²) in [5, 5.41) is 4.26. The highest BCUT2D eigenvalue weighted by Gasteiger charge is 2.28. The molecule has 4 rings (SSSR count). The van der Waals surface area contributed by atoms with Crippen molar-refractivity contribution >= 4 is 39.9 Å². The van der Waals surface area contributed by atoms with Crippen molar-refractivity contribution in [3.63, 3.8) is 0 Å². The molecule has 3 heterocycles. The van der Waals surface area contributed by atoms with Crippen molar-refractivity contribution < 1.29 is 9.59 Å². The number of pyridine rings is 1. The number of anilines is 1. The molecule has 1 fully saturated rings. The molecule has 0 bridgehead atoms. The third-order valence-corrected chi connectivity index (χ3v) is 6.32. The van der Waals surface area contributed by atoms with E-state index in [1.165, 1.54) is 11.3 Å². The van der Waals surface area contributed by atoms with Crippen LogP contribution in [0, 0.1) is 5.92 Å². The second-order valence-electron chi connectivity index (χ2n) is 7.23. The summed E-state index contributed by atoms with van der Waals surface area (Å²) in [4.78, 5) is 36.3. The first-order valence-electron chi connectivity index (χ1n) is 9.78. The molecular weight excluding hydrogens is 420 g/mol. The highest BCUT2D eigenvalue weighted by Crippen LogP contribution is 2.25. The summed E-state index contributed by atoms with van der Waals surface area (Å²) in [5.74, 6) is -0.156. The zero-order valence-corrected chi connectivity index (χ0v) is 17.8. The lowest BCUT2D eigenvalue weighted by Gasteiger charge is -2.31. The van der Waals surface area contributed by atoms with Crippen LogP contribution in [0.5, 0.6) is 0 Å². The Morgan fingerprint density at radius 3 is 2.50 bits per heavy atom. The third-order valence-electron chi connectivity index (χ3n) is 5.16. The summed E-state index contributed by atoms with van der Waals surface area (Å²) < 4.78 is 0. The Morgan fingerprint density at radius 1 is 1.10 bits per heavy atom. The molecule has 0 spiro atoms. The Balaban J connectivity index is 1.28. The number of hydrogen-bond donors (Lipinski definition) is 1. The molecule has 3 aromatic rings. The summed E-state index contributed by atoms with van der Waals surface area (Å²) in [7, 11) is 0. The van der Waals surface area contributed by atoms with Crippen LogP contribution in [0.1, 0.15) is 33.6 Å². The molecule has 30 heavy (non-hydrogen) atoms. The zero-order valence-electron chi connectivity index (χ0n) is 16.3. The van der Waals surface area contributed by atoms with Gasteiger partial charge in [0.1, 0.15) is 0 Å². The van der Waals surface area contributed by atoms with Crippen molar-refractivity contribution in [3.05, 3.63) is 76.0 Å². The van der Waals surface area contributed by atoms with Gasteiger partial charge in [-0.3, -0.25) is 14.6 Å². The Kier molecular flexibility index (Phi) is 6.40. The molecule has 1 aliphatic heterocycles. The minimum Gasteiger partial charge on any atom is -0.339 e. The molecular formula is C22H21ClN4O2S. The van der Waals surface area contributed by atoms with Crippen molar-refractivity contribution in [2.24, 2.45) is 5.92 Å². The van der Waals surface area contributed by atoms with Gasteiger partial charge in [-0.2, -0.15) is 0 Å². The molecule has 2 amide bonds. The number of hydrogen-bond acceptors (Lipinski definition) is 5. The maximum Gasteiger partial charge on any atom is 0.253 e. The first-order chi connectivity index (χ1) is 14.6. The van der Waals surface area contributed by atoms with Crippen LogP contribution in [-0.2, 0) is 11.2 Å². The molecule has 0 saturated carbocycles.